The standard InChI is InChI=1S/C14H20N2O4/c1-2-3-4-5-6-7-8-20-14(19)12-10-15-11(9-16-12)13(17)18/h9-10H,2-8H2,1H3,(H,17,18). The van der Waals surface area contributed by atoms with Gasteiger partial charge in [0, 0.05) is 0 Å². The molecule has 0 amide bonds. The first-order valence-electron chi connectivity index (χ1n) is 6.87. The minimum absolute atomic E-state index is 0.0287. The molecule has 1 heterocycles. The highest BCUT2D eigenvalue weighted by Crippen LogP contribution is 2.06. The summed E-state index contributed by atoms with van der Waals surface area (Å²) < 4.78 is 5.05. The van der Waals surface area contributed by atoms with Crippen molar-refractivity contribution in [1.82, 2.24) is 9.97 Å². The van der Waals surface area contributed by atoms with Gasteiger partial charge in [0.25, 0.3) is 0 Å². The maximum absolute atomic E-state index is 11.6. The molecule has 0 aliphatic rings. The summed E-state index contributed by atoms with van der Waals surface area (Å²) in [4.78, 5) is 29.5. The van der Waals surface area contributed by atoms with E-state index < -0.39 is 11.9 Å². The number of unbranched alkanes of at least 4 members (excludes halogenated alkanes) is 5. The summed E-state index contributed by atoms with van der Waals surface area (Å²) in [7, 11) is 0. The summed E-state index contributed by atoms with van der Waals surface area (Å²) in [5, 5.41) is 8.66. The summed E-state index contributed by atoms with van der Waals surface area (Å²) in [6.07, 6.45) is 8.85. The van der Waals surface area contributed by atoms with Gasteiger partial charge < -0.3 is 9.84 Å². The lowest BCUT2D eigenvalue weighted by molar-refractivity contribution is 0.0488. The molecule has 20 heavy (non-hydrogen) atoms. The Bertz CT molecular complexity index is 431. The van der Waals surface area contributed by atoms with Gasteiger partial charge in [-0.2, -0.15) is 0 Å². The Balaban J connectivity index is 2.24. The predicted octanol–water partition coefficient (Wildman–Crippen LogP) is 2.69. The van der Waals surface area contributed by atoms with Crippen LogP contribution in [-0.4, -0.2) is 33.6 Å². The number of carboxylic acid groups (broad SMARTS) is 1. The van der Waals surface area contributed by atoms with Crippen LogP contribution in [0.1, 0.15) is 66.4 Å². The Morgan fingerprint density at radius 2 is 1.65 bits per heavy atom. The third-order valence-electron chi connectivity index (χ3n) is 2.81. The number of esters is 1. The fourth-order valence-electron chi connectivity index (χ4n) is 1.67. The number of ether oxygens (including phenoxy) is 1. The molecule has 110 valence electrons. The van der Waals surface area contributed by atoms with Gasteiger partial charge >= 0.3 is 11.9 Å². The van der Waals surface area contributed by atoms with E-state index in [2.05, 4.69) is 16.9 Å². The molecular weight excluding hydrogens is 260 g/mol. The molecule has 1 aromatic rings. The highest BCUT2D eigenvalue weighted by molar-refractivity contribution is 5.88. The molecule has 0 spiro atoms. The molecule has 0 radical (unpaired) electrons. The SMILES string of the molecule is CCCCCCCCOC(=O)c1cnc(C(=O)O)cn1. The van der Waals surface area contributed by atoms with Crippen molar-refractivity contribution in [3.63, 3.8) is 0 Å². The molecule has 1 N–H and O–H groups in total. The van der Waals surface area contributed by atoms with E-state index in [1.165, 1.54) is 19.3 Å². The molecule has 0 fully saturated rings. The number of carboxylic acids is 1. The molecule has 0 unspecified atom stereocenters. The van der Waals surface area contributed by atoms with Crippen LogP contribution in [0, 0.1) is 0 Å². The van der Waals surface area contributed by atoms with Gasteiger partial charge in [-0.1, -0.05) is 39.0 Å². The second-order valence-corrected chi connectivity index (χ2v) is 4.50. The first kappa shape index (κ1) is 16.1. The molecule has 0 atom stereocenters. The van der Waals surface area contributed by atoms with Gasteiger partial charge in [0.1, 0.15) is 0 Å². The topological polar surface area (TPSA) is 89.4 Å². The van der Waals surface area contributed by atoms with Crippen LogP contribution in [0.2, 0.25) is 0 Å². The number of rotatable bonds is 9. The number of aromatic carboxylic acids is 1. The van der Waals surface area contributed by atoms with E-state index >= 15 is 0 Å². The van der Waals surface area contributed by atoms with Crippen LogP contribution in [0.4, 0.5) is 0 Å². The molecule has 6 nitrogen and oxygen atoms in total. The number of hydrogen-bond donors (Lipinski definition) is 1. The number of nitrogens with zero attached hydrogens (tertiary/aromatic N) is 2. The fourth-order valence-corrected chi connectivity index (χ4v) is 1.67. The maximum atomic E-state index is 11.6. The molecule has 0 saturated heterocycles. The zero-order chi connectivity index (χ0) is 14.8. The Morgan fingerprint density at radius 1 is 1.05 bits per heavy atom. The first-order valence-corrected chi connectivity index (χ1v) is 6.87. The zero-order valence-electron chi connectivity index (χ0n) is 11.7. The van der Waals surface area contributed by atoms with Crippen LogP contribution in [0.5, 0.6) is 0 Å². The predicted molar refractivity (Wildman–Crippen MR) is 72.6 cm³/mol. The van der Waals surface area contributed by atoms with Gasteiger partial charge in [0.05, 0.1) is 19.0 Å². The lowest BCUT2D eigenvalue weighted by Crippen LogP contribution is -2.11. The smallest absolute Gasteiger partial charge is 0.358 e. The molecule has 0 saturated carbocycles. The Morgan fingerprint density at radius 3 is 2.25 bits per heavy atom. The molecule has 1 rings (SSSR count). The van der Waals surface area contributed by atoms with Crippen molar-refractivity contribution < 1.29 is 19.4 Å². The summed E-state index contributed by atoms with van der Waals surface area (Å²) >= 11 is 0. The third kappa shape index (κ3) is 5.77. The second kappa shape index (κ2) is 9.01. The fraction of sp³-hybridized carbons (Fsp3) is 0.571. The molecule has 1 aromatic heterocycles. The van der Waals surface area contributed by atoms with Crippen LogP contribution in [0.3, 0.4) is 0 Å². The molecule has 6 heteroatoms. The largest absolute Gasteiger partial charge is 0.476 e. The average Bonchev–Trinajstić information content (AvgIpc) is 2.46. The van der Waals surface area contributed by atoms with E-state index in [9.17, 15) is 9.59 Å². The van der Waals surface area contributed by atoms with E-state index in [0.717, 1.165) is 31.7 Å². The third-order valence-corrected chi connectivity index (χ3v) is 2.81. The molecule has 0 aliphatic carbocycles. The lowest BCUT2D eigenvalue weighted by Gasteiger charge is -2.04. The maximum Gasteiger partial charge on any atom is 0.358 e. The Kier molecular flexibility index (Phi) is 7.24. The quantitative estimate of drug-likeness (QED) is 0.552. The molecular formula is C14H20N2O4. The highest BCUT2D eigenvalue weighted by Gasteiger charge is 2.11. The van der Waals surface area contributed by atoms with E-state index in [1.54, 1.807) is 0 Å². The summed E-state index contributed by atoms with van der Waals surface area (Å²) in [5.41, 5.74) is -0.168. The first-order chi connectivity index (χ1) is 9.65. The highest BCUT2D eigenvalue weighted by atomic mass is 16.5. The number of hydrogen-bond acceptors (Lipinski definition) is 5. The van der Waals surface area contributed by atoms with Crippen LogP contribution < -0.4 is 0 Å². The van der Waals surface area contributed by atoms with E-state index in [-0.39, 0.29) is 11.4 Å². The number of carbonyl (C=O) groups excluding carboxylic acids is 1. The Hall–Kier alpha value is -1.98. The van der Waals surface area contributed by atoms with Crippen molar-refractivity contribution in [3.8, 4) is 0 Å². The van der Waals surface area contributed by atoms with Gasteiger partial charge in [-0.05, 0) is 6.42 Å². The molecule has 0 aliphatic heterocycles. The van der Waals surface area contributed by atoms with Crippen molar-refractivity contribution in [2.75, 3.05) is 6.61 Å². The summed E-state index contributed by atoms with van der Waals surface area (Å²) in [6, 6.07) is 0. The summed E-state index contributed by atoms with van der Waals surface area (Å²) in [6.45, 7) is 2.52. The van der Waals surface area contributed by atoms with E-state index in [1.807, 2.05) is 0 Å². The van der Waals surface area contributed by atoms with Crippen molar-refractivity contribution in [2.24, 2.45) is 0 Å². The van der Waals surface area contributed by atoms with Gasteiger partial charge in [0.2, 0.25) is 0 Å². The van der Waals surface area contributed by atoms with Gasteiger partial charge in [-0.25, -0.2) is 19.6 Å². The number of aromatic nitrogens is 2. The molecule has 0 bridgehead atoms. The van der Waals surface area contributed by atoms with Crippen molar-refractivity contribution in [2.45, 2.75) is 45.4 Å². The molecule has 0 aromatic carbocycles. The minimum atomic E-state index is -1.18. The van der Waals surface area contributed by atoms with Crippen LogP contribution in [0.25, 0.3) is 0 Å². The van der Waals surface area contributed by atoms with Gasteiger partial charge in [0.15, 0.2) is 11.4 Å². The summed E-state index contributed by atoms with van der Waals surface area (Å²) in [5.74, 6) is -1.74. The van der Waals surface area contributed by atoms with Crippen LogP contribution >= 0.6 is 0 Å². The lowest BCUT2D eigenvalue weighted by atomic mass is 10.1. The van der Waals surface area contributed by atoms with Crippen LogP contribution in [0.15, 0.2) is 12.4 Å². The van der Waals surface area contributed by atoms with Crippen molar-refractivity contribution in [1.29, 1.82) is 0 Å². The Labute approximate surface area is 118 Å². The van der Waals surface area contributed by atoms with E-state index in [4.69, 9.17) is 9.84 Å². The monoisotopic (exact) mass is 280 g/mol. The zero-order valence-corrected chi connectivity index (χ0v) is 11.7. The van der Waals surface area contributed by atoms with Crippen molar-refractivity contribution >= 4 is 11.9 Å². The number of carbonyl (C=O) groups is 2. The second-order valence-electron chi connectivity index (χ2n) is 4.50. The van der Waals surface area contributed by atoms with E-state index in [0.29, 0.717) is 6.61 Å². The average molecular weight is 280 g/mol. The normalized spacial score (nSPS) is 10.2. The van der Waals surface area contributed by atoms with Crippen molar-refractivity contribution in [3.05, 3.63) is 23.8 Å². The minimum Gasteiger partial charge on any atom is -0.476 e. The van der Waals surface area contributed by atoms with Gasteiger partial charge in [-0.3, -0.25) is 0 Å². The van der Waals surface area contributed by atoms with Crippen LogP contribution in [-0.2, 0) is 4.74 Å². The van der Waals surface area contributed by atoms with Gasteiger partial charge in [-0.15, -0.1) is 0 Å².